The zero-order chi connectivity index (χ0) is 13.9. The number of benzene rings is 2. The lowest BCUT2D eigenvalue weighted by atomic mass is 10.4. The van der Waals surface area contributed by atoms with Crippen LogP contribution >= 0.6 is 0 Å². The number of nitrogens with zero attached hydrogens (tertiary/aromatic N) is 1. The highest BCUT2D eigenvalue weighted by atomic mass is 28.4. The SMILES string of the molecule is CN([SiH](C)c1ccccc1)[Si](C)(C)c1ccccc1. The molecule has 0 fully saturated rings. The van der Waals surface area contributed by atoms with Gasteiger partial charge in [-0.1, -0.05) is 80.3 Å². The van der Waals surface area contributed by atoms with Gasteiger partial charge in [0.1, 0.15) is 17.2 Å². The lowest BCUT2D eigenvalue weighted by molar-refractivity contribution is 0.798. The standard InChI is InChI=1S/C16H23NSi2/c1-17(18(2)15-11-7-5-8-12-15)19(3,4)16-13-9-6-10-14-16/h5-14,18H,1-4H3. The van der Waals surface area contributed by atoms with Gasteiger partial charge in [-0.2, -0.15) is 0 Å². The topological polar surface area (TPSA) is 3.24 Å². The van der Waals surface area contributed by atoms with Crippen LogP contribution in [-0.2, 0) is 0 Å². The minimum absolute atomic E-state index is 1.05. The summed E-state index contributed by atoms with van der Waals surface area (Å²) in [4.78, 5) is 0. The van der Waals surface area contributed by atoms with E-state index in [4.69, 9.17) is 0 Å². The Hall–Kier alpha value is -1.17. The molecule has 0 aromatic heterocycles. The van der Waals surface area contributed by atoms with Crippen LogP contribution in [0.15, 0.2) is 60.7 Å². The zero-order valence-electron chi connectivity index (χ0n) is 12.3. The quantitative estimate of drug-likeness (QED) is 0.779. The van der Waals surface area contributed by atoms with Crippen LogP contribution in [0.25, 0.3) is 0 Å². The molecule has 19 heavy (non-hydrogen) atoms. The van der Waals surface area contributed by atoms with Gasteiger partial charge in [0, 0.05) is 0 Å². The predicted octanol–water partition coefficient (Wildman–Crippen LogP) is 2.29. The van der Waals surface area contributed by atoms with Crippen molar-refractivity contribution in [3.8, 4) is 0 Å². The van der Waals surface area contributed by atoms with Crippen LogP contribution in [0, 0.1) is 0 Å². The van der Waals surface area contributed by atoms with E-state index in [0.717, 1.165) is 0 Å². The molecule has 1 nitrogen and oxygen atoms in total. The molecule has 2 aromatic carbocycles. The third-order valence-corrected chi connectivity index (χ3v) is 13.3. The fraction of sp³-hybridized carbons (Fsp3) is 0.250. The minimum Gasteiger partial charge on any atom is -0.344 e. The van der Waals surface area contributed by atoms with Gasteiger partial charge in [0.25, 0.3) is 0 Å². The number of hydrogen-bond acceptors (Lipinski definition) is 1. The summed E-state index contributed by atoms with van der Waals surface area (Å²) in [6.45, 7) is 7.34. The Morgan fingerprint density at radius 3 is 1.84 bits per heavy atom. The fourth-order valence-corrected chi connectivity index (χ4v) is 9.90. The summed E-state index contributed by atoms with van der Waals surface area (Å²) < 4.78 is 2.71. The van der Waals surface area contributed by atoms with Crippen molar-refractivity contribution in [3.05, 3.63) is 60.7 Å². The minimum atomic E-state index is -1.53. The molecule has 100 valence electrons. The zero-order valence-corrected chi connectivity index (χ0v) is 14.5. The molecular formula is C16H23NSi2. The molecule has 0 radical (unpaired) electrons. The molecule has 0 heterocycles. The van der Waals surface area contributed by atoms with Gasteiger partial charge in [0.05, 0.1) is 0 Å². The normalized spacial score (nSPS) is 13.5. The van der Waals surface area contributed by atoms with Gasteiger partial charge in [-0.05, 0) is 17.4 Å². The molecule has 3 heteroatoms. The highest BCUT2D eigenvalue weighted by Gasteiger charge is 2.32. The molecule has 0 aliphatic rings. The summed E-state index contributed by atoms with van der Waals surface area (Å²) in [6, 6.07) is 22.0. The van der Waals surface area contributed by atoms with Gasteiger partial charge >= 0.3 is 0 Å². The summed E-state index contributed by atoms with van der Waals surface area (Å²) in [6.07, 6.45) is 0. The third kappa shape index (κ3) is 3.05. The van der Waals surface area contributed by atoms with Gasteiger partial charge in [0.15, 0.2) is 0 Å². The summed E-state index contributed by atoms with van der Waals surface area (Å²) >= 11 is 0. The molecule has 0 spiro atoms. The maximum Gasteiger partial charge on any atom is 0.147 e. The van der Waals surface area contributed by atoms with Crippen molar-refractivity contribution in [2.24, 2.45) is 0 Å². The average molecular weight is 286 g/mol. The third-order valence-electron chi connectivity index (χ3n) is 4.22. The average Bonchev–Trinajstić information content (AvgIpc) is 2.47. The van der Waals surface area contributed by atoms with Crippen LogP contribution in [-0.4, -0.2) is 28.5 Å². The second-order valence-corrected chi connectivity index (χ2v) is 13.3. The van der Waals surface area contributed by atoms with E-state index in [0.29, 0.717) is 0 Å². The second kappa shape index (κ2) is 5.86. The van der Waals surface area contributed by atoms with Gasteiger partial charge < -0.3 is 4.23 Å². The first kappa shape index (κ1) is 14.2. The first-order chi connectivity index (χ1) is 9.03. The van der Waals surface area contributed by atoms with Crippen molar-refractivity contribution in [2.75, 3.05) is 7.05 Å². The molecule has 2 rings (SSSR count). The lowest BCUT2D eigenvalue weighted by Gasteiger charge is -2.38. The Labute approximate surface area is 119 Å². The van der Waals surface area contributed by atoms with Gasteiger partial charge in [-0.25, -0.2) is 0 Å². The lowest BCUT2D eigenvalue weighted by Crippen LogP contribution is -2.63. The van der Waals surface area contributed by atoms with Crippen LogP contribution < -0.4 is 10.4 Å². The van der Waals surface area contributed by atoms with E-state index >= 15 is 0 Å². The van der Waals surface area contributed by atoms with E-state index in [9.17, 15) is 0 Å². The van der Waals surface area contributed by atoms with Crippen LogP contribution in [0.1, 0.15) is 0 Å². The molecule has 1 atom stereocenters. The highest BCUT2D eigenvalue weighted by molar-refractivity contribution is 6.95. The molecule has 0 saturated carbocycles. The van der Waals surface area contributed by atoms with Crippen LogP contribution in [0.3, 0.4) is 0 Å². The molecule has 0 amide bonds. The Morgan fingerprint density at radius 1 is 0.842 bits per heavy atom. The Bertz CT molecular complexity index is 511. The first-order valence-electron chi connectivity index (χ1n) is 6.87. The van der Waals surface area contributed by atoms with Crippen molar-refractivity contribution in [1.82, 2.24) is 4.23 Å². The number of hydrogen-bond donors (Lipinski definition) is 0. The van der Waals surface area contributed by atoms with Gasteiger partial charge in [-0.3, -0.25) is 0 Å². The van der Waals surface area contributed by atoms with Gasteiger partial charge in [0.2, 0.25) is 0 Å². The maximum absolute atomic E-state index is 2.71. The molecule has 0 bridgehead atoms. The first-order valence-corrected chi connectivity index (χ1v) is 12.1. The van der Waals surface area contributed by atoms with Gasteiger partial charge in [-0.15, -0.1) is 0 Å². The van der Waals surface area contributed by atoms with Crippen molar-refractivity contribution in [3.63, 3.8) is 0 Å². The molecule has 0 aliphatic carbocycles. The summed E-state index contributed by atoms with van der Waals surface area (Å²) in [5, 5.41) is 3.05. The van der Waals surface area contributed by atoms with E-state index < -0.39 is 17.2 Å². The van der Waals surface area contributed by atoms with Crippen LogP contribution in [0.2, 0.25) is 19.6 Å². The molecule has 2 aromatic rings. The van der Waals surface area contributed by atoms with Crippen molar-refractivity contribution < 1.29 is 0 Å². The van der Waals surface area contributed by atoms with Crippen molar-refractivity contribution in [1.29, 1.82) is 0 Å². The Balaban J connectivity index is 2.26. The number of rotatable bonds is 4. The summed E-state index contributed by atoms with van der Waals surface area (Å²) in [7, 11) is -0.265. The van der Waals surface area contributed by atoms with E-state index in [2.05, 4.69) is 91.6 Å². The molecule has 0 saturated heterocycles. The van der Waals surface area contributed by atoms with Crippen LogP contribution in [0.4, 0.5) is 0 Å². The van der Waals surface area contributed by atoms with E-state index in [1.165, 1.54) is 10.4 Å². The molecule has 1 unspecified atom stereocenters. The smallest absolute Gasteiger partial charge is 0.147 e. The molecular weight excluding hydrogens is 262 g/mol. The predicted molar refractivity (Wildman–Crippen MR) is 90.4 cm³/mol. The van der Waals surface area contributed by atoms with E-state index in [1.54, 1.807) is 0 Å². The largest absolute Gasteiger partial charge is 0.344 e. The maximum atomic E-state index is 2.71. The molecule has 0 aliphatic heterocycles. The van der Waals surface area contributed by atoms with Crippen LogP contribution in [0.5, 0.6) is 0 Å². The highest BCUT2D eigenvalue weighted by Crippen LogP contribution is 2.10. The monoisotopic (exact) mass is 285 g/mol. The summed E-state index contributed by atoms with van der Waals surface area (Å²) in [5.41, 5.74) is 0. The Kier molecular flexibility index (Phi) is 4.40. The fourth-order valence-electron chi connectivity index (χ4n) is 2.49. The molecule has 0 N–H and O–H groups in total. The van der Waals surface area contributed by atoms with E-state index in [1.807, 2.05) is 0 Å². The van der Waals surface area contributed by atoms with E-state index in [-0.39, 0.29) is 0 Å². The Morgan fingerprint density at radius 2 is 1.32 bits per heavy atom. The van der Waals surface area contributed by atoms with Crippen molar-refractivity contribution in [2.45, 2.75) is 19.6 Å². The van der Waals surface area contributed by atoms with Crippen molar-refractivity contribution >= 4 is 27.6 Å². The second-order valence-electron chi connectivity index (χ2n) is 5.62. The summed E-state index contributed by atoms with van der Waals surface area (Å²) in [5.74, 6) is 0.